The number of pyridine rings is 1. The van der Waals surface area contributed by atoms with Gasteiger partial charge in [-0.05, 0) is 67.0 Å². The van der Waals surface area contributed by atoms with E-state index in [2.05, 4.69) is 14.5 Å². The quantitative estimate of drug-likeness (QED) is 0.617. The molecule has 0 N–H and O–H groups in total. The Hall–Kier alpha value is -2.70. The van der Waals surface area contributed by atoms with E-state index in [1.165, 1.54) is 13.2 Å². The summed E-state index contributed by atoms with van der Waals surface area (Å²) in [6.07, 6.45) is 5.08. The fourth-order valence-electron chi connectivity index (χ4n) is 2.64. The number of benzene rings is 1. The summed E-state index contributed by atoms with van der Waals surface area (Å²) < 4.78 is 40.1. The molecule has 0 bridgehead atoms. The van der Waals surface area contributed by atoms with Gasteiger partial charge in [-0.2, -0.15) is 8.78 Å². The average Bonchev–Trinajstić information content (AvgIpc) is 3.49. The smallest absolute Gasteiger partial charge is 0.387 e. The minimum absolute atomic E-state index is 0.0475. The molecule has 144 valence electrons. The van der Waals surface area contributed by atoms with E-state index in [1.54, 1.807) is 24.4 Å². The van der Waals surface area contributed by atoms with Crippen LogP contribution in [0.1, 0.15) is 34.5 Å². The standard InChI is InChI=1S/C20H21F2NO4/c1-25-19(24)16-10-14(8-9-23-16)3-2-13-6-7-17(27-20(21)22)18(11-13)26-12-15-4-5-15/h6-11,15,20H,2-5,12H2,1H3. The SMILES string of the molecule is COC(=O)c1cc(CCc2ccc(OC(F)F)c(OCC3CC3)c2)ccn1. The number of nitrogens with zero attached hydrogens (tertiary/aromatic N) is 1. The van der Waals surface area contributed by atoms with Gasteiger partial charge in [0.05, 0.1) is 13.7 Å². The molecule has 0 saturated heterocycles. The second kappa shape index (κ2) is 8.79. The Morgan fingerprint density at radius 3 is 2.56 bits per heavy atom. The Balaban J connectivity index is 1.68. The largest absolute Gasteiger partial charge is 0.489 e. The van der Waals surface area contributed by atoms with Crippen LogP contribution < -0.4 is 9.47 Å². The van der Waals surface area contributed by atoms with Crippen LogP contribution in [-0.2, 0) is 17.6 Å². The highest BCUT2D eigenvalue weighted by Crippen LogP contribution is 2.34. The first-order valence-electron chi connectivity index (χ1n) is 8.79. The van der Waals surface area contributed by atoms with Crippen LogP contribution in [0, 0.1) is 5.92 Å². The van der Waals surface area contributed by atoms with Gasteiger partial charge in [-0.15, -0.1) is 0 Å². The number of aromatic nitrogens is 1. The molecule has 1 aliphatic carbocycles. The lowest BCUT2D eigenvalue weighted by Gasteiger charge is -2.13. The van der Waals surface area contributed by atoms with Crippen molar-refractivity contribution in [3.63, 3.8) is 0 Å². The molecule has 2 aromatic rings. The number of carbonyl (C=O) groups is 1. The summed E-state index contributed by atoms with van der Waals surface area (Å²) in [6.45, 7) is -2.39. The molecule has 1 aromatic carbocycles. The molecule has 1 saturated carbocycles. The average molecular weight is 377 g/mol. The van der Waals surface area contributed by atoms with Crippen LogP contribution in [0.3, 0.4) is 0 Å². The highest BCUT2D eigenvalue weighted by Gasteiger charge is 2.23. The molecule has 27 heavy (non-hydrogen) atoms. The zero-order valence-electron chi connectivity index (χ0n) is 15.0. The molecule has 0 unspecified atom stereocenters. The van der Waals surface area contributed by atoms with E-state index in [1.807, 2.05) is 6.07 Å². The summed E-state index contributed by atoms with van der Waals surface area (Å²) in [5.41, 5.74) is 2.11. The van der Waals surface area contributed by atoms with Crippen molar-refractivity contribution in [3.05, 3.63) is 53.3 Å². The van der Waals surface area contributed by atoms with Gasteiger partial charge in [0.25, 0.3) is 0 Å². The number of aryl methyl sites for hydroxylation is 2. The summed E-state index contributed by atoms with van der Waals surface area (Å²) >= 11 is 0. The van der Waals surface area contributed by atoms with Crippen LogP contribution in [0.2, 0.25) is 0 Å². The van der Waals surface area contributed by atoms with Crippen molar-refractivity contribution in [1.29, 1.82) is 0 Å². The van der Waals surface area contributed by atoms with Gasteiger partial charge in [-0.25, -0.2) is 9.78 Å². The molecule has 1 fully saturated rings. The number of hydrogen-bond donors (Lipinski definition) is 0. The molecule has 5 nitrogen and oxygen atoms in total. The third kappa shape index (κ3) is 5.64. The molecule has 1 aliphatic rings. The van der Waals surface area contributed by atoms with Crippen molar-refractivity contribution < 1.29 is 27.8 Å². The number of halogens is 2. The molecule has 0 amide bonds. The van der Waals surface area contributed by atoms with Crippen LogP contribution in [0.15, 0.2) is 36.5 Å². The summed E-state index contributed by atoms with van der Waals surface area (Å²) in [5.74, 6) is 0.402. The van der Waals surface area contributed by atoms with Crippen molar-refractivity contribution in [2.75, 3.05) is 13.7 Å². The minimum Gasteiger partial charge on any atom is -0.489 e. The van der Waals surface area contributed by atoms with Gasteiger partial charge >= 0.3 is 12.6 Å². The zero-order valence-corrected chi connectivity index (χ0v) is 15.0. The number of carbonyl (C=O) groups excluding carboxylic acids is 1. The number of rotatable bonds is 9. The summed E-state index contributed by atoms with van der Waals surface area (Å²) in [5, 5.41) is 0. The maximum Gasteiger partial charge on any atom is 0.387 e. The second-order valence-electron chi connectivity index (χ2n) is 6.45. The Kier molecular flexibility index (Phi) is 6.21. The van der Waals surface area contributed by atoms with Gasteiger partial charge in [0.15, 0.2) is 11.5 Å². The lowest BCUT2D eigenvalue weighted by molar-refractivity contribution is -0.0515. The fraction of sp³-hybridized carbons (Fsp3) is 0.400. The zero-order chi connectivity index (χ0) is 19.2. The maximum absolute atomic E-state index is 12.6. The van der Waals surface area contributed by atoms with E-state index in [9.17, 15) is 13.6 Å². The molecular weight excluding hydrogens is 356 g/mol. The lowest BCUT2D eigenvalue weighted by atomic mass is 10.0. The third-order valence-electron chi connectivity index (χ3n) is 4.32. The molecule has 7 heteroatoms. The van der Waals surface area contributed by atoms with E-state index in [4.69, 9.17) is 4.74 Å². The Morgan fingerprint density at radius 2 is 1.89 bits per heavy atom. The maximum atomic E-state index is 12.6. The van der Waals surface area contributed by atoms with Crippen molar-refractivity contribution >= 4 is 5.97 Å². The third-order valence-corrected chi connectivity index (χ3v) is 4.32. The van der Waals surface area contributed by atoms with Crippen LogP contribution in [0.5, 0.6) is 11.5 Å². The van der Waals surface area contributed by atoms with Crippen LogP contribution in [0.25, 0.3) is 0 Å². The number of ether oxygens (including phenoxy) is 3. The van der Waals surface area contributed by atoms with Gasteiger partial charge in [0.2, 0.25) is 0 Å². The van der Waals surface area contributed by atoms with Gasteiger partial charge in [-0.3, -0.25) is 0 Å². The van der Waals surface area contributed by atoms with Crippen LogP contribution >= 0.6 is 0 Å². The van der Waals surface area contributed by atoms with Crippen LogP contribution in [-0.4, -0.2) is 31.3 Å². The number of hydrogen-bond acceptors (Lipinski definition) is 5. The van der Waals surface area contributed by atoms with Crippen molar-refractivity contribution in [3.8, 4) is 11.5 Å². The predicted molar refractivity (Wildman–Crippen MR) is 94.3 cm³/mol. The monoisotopic (exact) mass is 377 g/mol. The Bertz CT molecular complexity index is 793. The van der Waals surface area contributed by atoms with E-state index in [-0.39, 0.29) is 11.4 Å². The minimum atomic E-state index is -2.90. The second-order valence-corrected chi connectivity index (χ2v) is 6.45. The molecule has 0 aliphatic heterocycles. The Morgan fingerprint density at radius 1 is 1.15 bits per heavy atom. The molecule has 1 aromatic heterocycles. The molecule has 0 spiro atoms. The van der Waals surface area contributed by atoms with E-state index in [0.29, 0.717) is 31.1 Å². The normalized spacial score (nSPS) is 13.5. The highest BCUT2D eigenvalue weighted by atomic mass is 19.3. The molecule has 1 heterocycles. The summed E-state index contributed by atoms with van der Waals surface area (Å²) in [4.78, 5) is 15.5. The first-order chi connectivity index (χ1) is 13.0. The van der Waals surface area contributed by atoms with Crippen molar-refractivity contribution in [2.24, 2.45) is 5.92 Å². The number of esters is 1. The summed E-state index contributed by atoms with van der Waals surface area (Å²) in [6, 6.07) is 8.50. The summed E-state index contributed by atoms with van der Waals surface area (Å²) in [7, 11) is 1.31. The number of methoxy groups -OCH3 is 1. The highest BCUT2D eigenvalue weighted by molar-refractivity contribution is 5.87. The van der Waals surface area contributed by atoms with Gasteiger partial charge in [-0.1, -0.05) is 6.07 Å². The first kappa shape index (κ1) is 19.1. The molecule has 3 rings (SSSR count). The van der Waals surface area contributed by atoms with Gasteiger partial charge in [0, 0.05) is 6.20 Å². The first-order valence-corrected chi connectivity index (χ1v) is 8.79. The Labute approximate surface area is 156 Å². The fourth-order valence-corrected chi connectivity index (χ4v) is 2.64. The lowest BCUT2D eigenvalue weighted by Crippen LogP contribution is -2.07. The molecular formula is C20H21F2NO4. The molecule has 0 atom stereocenters. The van der Waals surface area contributed by atoms with Crippen molar-refractivity contribution in [2.45, 2.75) is 32.3 Å². The predicted octanol–water partition coefficient (Wildman–Crippen LogP) is 4.04. The van der Waals surface area contributed by atoms with Crippen LogP contribution in [0.4, 0.5) is 8.78 Å². The molecule has 0 radical (unpaired) electrons. The van der Waals surface area contributed by atoms with E-state index in [0.717, 1.165) is 24.0 Å². The van der Waals surface area contributed by atoms with E-state index >= 15 is 0 Å². The van der Waals surface area contributed by atoms with Gasteiger partial charge in [0.1, 0.15) is 5.69 Å². The van der Waals surface area contributed by atoms with E-state index < -0.39 is 12.6 Å². The van der Waals surface area contributed by atoms with Crippen molar-refractivity contribution in [1.82, 2.24) is 4.98 Å². The number of alkyl halides is 2. The van der Waals surface area contributed by atoms with Gasteiger partial charge < -0.3 is 14.2 Å². The topological polar surface area (TPSA) is 57.7 Å².